The lowest BCUT2D eigenvalue weighted by Crippen LogP contribution is -2.25. The lowest BCUT2D eigenvalue weighted by atomic mass is 9.99. The third-order valence-electron chi connectivity index (χ3n) is 4.05. The Bertz CT molecular complexity index is 752. The van der Waals surface area contributed by atoms with Gasteiger partial charge in [-0.05, 0) is 24.6 Å². The first kappa shape index (κ1) is 19.6. The molecule has 2 aromatic rings. The summed E-state index contributed by atoms with van der Waals surface area (Å²) < 4.78 is 34.3. The number of aromatic nitrogens is 2. The van der Waals surface area contributed by atoms with Gasteiger partial charge in [0.05, 0.1) is 11.4 Å². The van der Waals surface area contributed by atoms with Crippen molar-refractivity contribution in [3.05, 3.63) is 47.8 Å². The summed E-state index contributed by atoms with van der Waals surface area (Å²) in [7, 11) is 1.86. The van der Waals surface area contributed by atoms with Gasteiger partial charge in [-0.15, -0.1) is 24.0 Å². The average molecular weight is 463 g/mol. The maximum Gasteiger partial charge on any atom is 0.193 e. The molecule has 3 rings (SSSR count). The van der Waals surface area contributed by atoms with Gasteiger partial charge in [-0.2, -0.15) is 5.10 Å². The molecule has 136 valence electrons. The van der Waals surface area contributed by atoms with Crippen LogP contribution in [0.25, 0.3) is 0 Å². The van der Waals surface area contributed by atoms with Crippen molar-refractivity contribution < 1.29 is 13.5 Å². The number of hydrogen-bond donors (Lipinski definition) is 2. The number of rotatable bonds is 4. The number of nitrogens with two attached hydrogens (primary N) is 1. The van der Waals surface area contributed by atoms with Crippen molar-refractivity contribution in [3.63, 3.8) is 0 Å². The molecule has 2 atom stereocenters. The first-order valence-electron chi connectivity index (χ1n) is 7.66. The highest BCUT2D eigenvalue weighted by Gasteiger charge is 2.31. The zero-order valence-electron chi connectivity index (χ0n) is 13.7. The highest BCUT2D eigenvalue weighted by Crippen LogP contribution is 2.34. The summed E-state index contributed by atoms with van der Waals surface area (Å²) in [5.74, 6) is -0.952. The molecule has 0 spiro atoms. The van der Waals surface area contributed by atoms with Crippen molar-refractivity contribution in [1.29, 1.82) is 0 Å². The molecular formula is C16H20F2IN5O. The number of aryl methyl sites for hydroxylation is 1. The standard InChI is InChI=1S/C16H19F2N5O.HI/c1-23-14(4-6-21-23)15-10(5-7-24-15)9-20-16(19)22-13-8-11(17)2-3-12(13)18;/h2-4,6,8,10,15H,5,7,9H2,1H3,(H3,19,20,22);1H/t10-,15+;/m0./s1. The smallest absolute Gasteiger partial charge is 0.193 e. The average Bonchev–Trinajstić information content (AvgIpc) is 3.17. The van der Waals surface area contributed by atoms with Gasteiger partial charge in [-0.3, -0.25) is 9.67 Å². The Morgan fingerprint density at radius 3 is 2.96 bits per heavy atom. The van der Waals surface area contributed by atoms with E-state index in [2.05, 4.69) is 15.4 Å². The first-order valence-corrected chi connectivity index (χ1v) is 7.66. The molecule has 9 heteroatoms. The van der Waals surface area contributed by atoms with E-state index < -0.39 is 11.6 Å². The summed E-state index contributed by atoms with van der Waals surface area (Å²) in [5.41, 5.74) is 6.73. The largest absolute Gasteiger partial charge is 0.372 e. The molecule has 1 aromatic heterocycles. The van der Waals surface area contributed by atoms with Crippen molar-refractivity contribution in [3.8, 4) is 0 Å². The van der Waals surface area contributed by atoms with E-state index in [1.54, 1.807) is 10.9 Å². The van der Waals surface area contributed by atoms with Crippen LogP contribution in [-0.2, 0) is 11.8 Å². The molecule has 2 heterocycles. The third-order valence-corrected chi connectivity index (χ3v) is 4.05. The molecule has 1 fully saturated rings. The van der Waals surface area contributed by atoms with E-state index in [1.165, 1.54) is 0 Å². The fraction of sp³-hybridized carbons (Fsp3) is 0.375. The van der Waals surface area contributed by atoms with E-state index in [4.69, 9.17) is 10.5 Å². The van der Waals surface area contributed by atoms with Crippen LogP contribution in [0.3, 0.4) is 0 Å². The summed E-state index contributed by atoms with van der Waals surface area (Å²) >= 11 is 0. The molecule has 0 aliphatic carbocycles. The molecule has 0 unspecified atom stereocenters. The summed E-state index contributed by atoms with van der Waals surface area (Å²) in [6, 6.07) is 5.03. The number of anilines is 1. The van der Waals surface area contributed by atoms with E-state index in [0.29, 0.717) is 13.2 Å². The van der Waals surface area contributed by atoms with Crippen molar-refractivity contribution in [2.75, 3.05) is 18.5 Å². The SMILES string of the molecule is Cn1nccc1[C@@H]1OCC[C@H]1CN=C(N)Nc1cc(F)ccc1F.I. The van der Waals surface area contributed by atoms with Gasteiger partial charge < -0.3 is 15.8 Å². The minimum absolute atomic E-state index is 0. The zero-order valence-corrected chi connectivity index (χ0v) is 16.0. The molecule has 25 heavy (non-hydrogen) atoms. The highest BCUT2D eigenvalue weighted by molar-refractivity contribution is 14.0. The third kappa shape index (κ3) is 4.66. The summed E-state index contributed by atoms with van der Waals surface area (Å²) in [4.78, 5) is 4.25. The minimum Gasteiger partial charge on any atom is -0.372 e. The van der Waals surface area contributed by atoms with Crippen LogP contribution < -0.4 is 11.1 Å². The first-order chi connectivity index (χ1) is 11.5. The second kappa shape index (κ2) is 8.56. The molecule has 3 N–H and O–H groups in total. The number of hydrogen-bond acceptors (Lipinski definition) is 3. The molecule has 0 saturated carbocycles. The van der Waals surface area contributed by atoms with E-state index >= 15 is 0 Å². The van der Waals surface area contributed by atoms with Gasteiger partial charge in [0.25, 0.3) is 0 Å². The monoisotopic (exact) mass is 463 g/mol. The molecule has 1 aliphatic heterocycles. The maximum atomic E-state index is 13.6. The van der Waals surface area contributed by atoms with Crippen LogP contribution >= 0.6 is 24.0 Å². The molecule has 0 radical (unpaired) electrons. The molecule has 1 aromatic carbocycles. The molecular weight excluding hydrogens is 443 g/mol. The van der Waals surface area contributed by atoms with Crippen molar-refractivity contribution in [2.45, 2.75) is 12.5 Å². The quantitative estimate of drug-likeness (QED) is 0.416. The molecule has 0 bridgehead atoms. The number of guanidine groups is 1. The lowest BCUT2D eigenvalue weighted by molar-refractivity contribution is 0.0859. The maximum absolute atomic E-state index is 13.6. The molecule has 1 saturated heterocycles. The Hall–Kier alpha value is -1.75. The fourth-order valence-electron chi connectivity index (χ4n) is 2.80. The lowest BCUT2D eigenvalue weighted by Gasteiger charge is -2.17. The van der Waals surface area contributed by atoms with Gasteiger partial charge in [0.15, 0.2) is 5.96 Å². The van der Waals surface area contributed by atoms with Gasteiger partial charge >= 0.3 is 0 Å². The van der Waals surface area contributed by atoms with Crippen molar-refractivity contribution >= 4 is 35.6 Å². The van der Waals surface area contributed by atoms with Gasteiger partial charge in [0.2, 0.25) is 0 Å². The van der Waals surface area contributed by atoms with E-state index in [0.717, 1.165) is 30.3 Å². The van der Waals surface area contributed by atoms with Crippen LogP contribution in [0.2, 0.25) is 0 Å². The minimum atomic E-state index is -0.591. The van der Waals surface area contributed by atoms with Crippen LogP contribution in [0, 0.1) is 17.6 Å². The number of halogens is 3. The highest BCUT2D eigenvalue weighted by atomic mass is 127. The van der Waals surface area contributed by atoms with E-state index in [1.807, 2.05) is 13.1 Å². The number of benzene rings is 1. The van der Waals surface area contributed by atoms with Gasteiger partial charge in [-0.1, -0.05) is 0 Å². The zero-order chi connectivity index (χ0) is 17.1. The Labute approximate surface area is 161 Å². The fourth-order valence-corrected chi connectivity index (χ4v) is 2.80. The predicted octanol–water partition coefficient (Wildman–Crippen LogP) is 2.82. The van der Waals surface area contributed by atoms with Crippen LogP contribution in [0.5, 0.6) is 0 Å². The van der Waals surface area contributed by atoms with Gasteiger partial charge in [0, 0.05) is 38.4 Å². The topological polar surface area (TPSA) is 77.5 Å². The number of nitrogens with zero attached hydrogens (tertiary/aromatic N) is 3. The summed E-state index contributed by atoms with van der Waals surface area (Å²) in [5, 5.41) is 6.74. The summed E-state index contributed by atoms with van der Waals surface area (Å²) in [6.07, 6.45) is 2.47. The van der Waals surface area contributed by atoms with Crippen molar-refractivity contribution in [2.24, 2.45) is 23.7 Å². The summed E-state index contributed by atoms with van der Waals surface area (Å²) in [6.45, 7) is 1.06. The molecule has 1 aliphatic rings. The molecule has 6 nitrogen and oxygen atoms in total. The molecule has 0 amide bonds. The normalized spacial score (nSPS) is 20.4. The van der Waals surface area contributed by atoms with Gasteiger partial charge in [-0.25, -0.2) is 8.78 Å². The van der Waals surface area contributed by atoms with E-state index in [9.17, 15) is 8.78 Å². The number of aliphatic imine (C=N–C) groups is 1. The Morgan fingerprint density at radius 1 is 1.44 bits per heavy atom. The van der Waals surface area contributed by atoms with Gasteiger partial charge in [0.1, 0.15) is 17.7 Å². The van der Waals surface area contributed by atoms with Crippen molar-refractivity contribution in [1.82, 2.24) is 9.78 Å². The second-order valence-electron chi connectivity index (χ2n) is 5.69. The van der Waals surface area contributed by atoms with Crippen LogP contribution in [0.15, 0.2) is 35.5 Å². The predicted molar refractivity (Wildman–Crippen MR) is 102 cm³/mol. The Balaban J connectivity index is 0.00000225. The number of nitrogens with one attached hydrogen (secondary N) is 1. The van der Waals surface area contributed by atoms with E-state index in [-0.39, 0.29) is 47.6 Å². The second-order valence-corrected chi connectivity index (χ2v) is 5.69. The van der Waals surface area contributed by atoms with Crippen LogP contribution in [-0.4, -0.2) is 28.9 Å². The Morgan fingerprint density at radius 2 is 2.24 bits per heavy atom. The number of ether oxygens (including phenoxy) is 1. The Kier molecular flexibility index (Phi) is 6.71. The van der Waals surface area contributed by atoms with Crippen LogP contribution in [0.4, 0.5) is 14.5 Å². The van der Waals surface area contributed by atoms with Crippen LogP contribution in [0.1, 0.15) is 18.2 Å².